The third-order valence-corrected chi connectivity index (χ3v) is 4.33. The summed E-state index contributed by atoms with van der Waals surface area (Å²) in [5, 5.41) is 2.89. The van der Waals surface area contributed by atoms with Crippen LogP contribution >= 0.6 is 0 Å². The molecule has 5 nitrogen and oxygen atoms in total. The molecule has 138 valence electrons. The maximum Gasteiger partial charge on any atom is 0.248 e. The highest BCUT2D eigenvalue weighted by molar-refractivity contribution is 6.02. The number of amides is 1. The second-order valence-electron chi connectivity index (χ2n) is 6.27. The van der Waals surface area contributed by atoms with Crippen molar-refractivity contribution in [2.45, 2.75) is 0 Å². The number of carbonyl (C=O) groups is 1. The third-order valence-electron chi connectivity index (χ3n) is 4.33. The van der Waals surface area contributed by atoms with E-state index in [0.29, 0.717) is 0 Å². The molecule has 0 saturated carbocycles. The number of fused-ring (bicyclic) bond motifs is 1. The van der Waals surface area contributed by atoms with Crippen LogP contribution < -0.4 is 10.1 Å². The van der Waals surface area contributed by atoms with Gasteiger partial charge in [-0.1, -0.05) is 30.3 Å². The summed E-state index contributed by atoms with van der Waals surface area (Å²) in [6, 6.07) is 21.0. The van der Waals surface area contributed by atoms with Crippen molar-refractivity contribution >= 4 is 23.3 Å². The largest absolute Gasteiger partial charge is 0.497 e. The van der Waals surface area contributed by atoms with E-state index in [2.05, 4.69) is 10.3 Å². The van der Waals surface area contributed by atoms with Crippen molar-refractivity contribution < 1.29 is 9.53 Å². The Morgan fingerprint density at radius 1 is 1.07 bits per heavy atom. The van der Waals surface area contributed by atoms with Crippen molar-refractivity contribution in [2.24, 2.45) is 0 Å². The second-order valence-corrected chi connectivity index (χ2v) is 6.27. The zero-order chi connectivity index (χ0) is 19.3. The molecule has 2 aromatic carbocycles. The zero-order valence-electron chi connectivity index (χ0n) is 15.4. The first-order chi connectivity index (χ1) is 13.7. The topological polar surface area (TPSA) is 55.6 Å². The van der Waals surface area contributed by atoms with Crippen LogP contribution in [0, 0.1) is 0 Å². The number of benzene rings is 2. The number of imidazole rings is 1. The monoisotopic (exact) mass is 369 g/mol. The lowest BCUT2D eigenvalue weighted by Gasteiger charge is -2.04. The summed E-state index contributed by atoms with van der Waals surface area (Å²) in [5.41, 5.74) is 4.33. The number of aromatic nitrogens is 2. The van der Waals surface area contributed by atoms with E-state index in [0.717, 1.165) is 33.9 Å². The van der Waals surface area contributed by atoms with E-state index < -0.39 is 0 Å². The molecule has 0 radical (unpaired) electrons. The molecule has 0 aliphatic rings. The number of ether oxygens (including phenoxy) is 1. The highest BCUT2D eigenvalue weighted by Gasteiger charge is 2.06. The second kappa shape index (κ2) is 7.80. The molecule has 4 aromatic rings. The van der Waals surface area contributed by atoms with Crippen LogP contribution in [0.15, 0.2) is 85.2 Å². The maximum atomic E-state index is 12.3. The van der Waals surface area contributed by atoms with Crippen LogP contribution in [0.1, 0.15) is 5.56 Å². The molecule has 0 spiro atoms. The van der Waals surface area contributed by atoms with Crippen LogP contribution in [0.25, 0.3) is 23.0 Å². The molecule has 28 heavy (non-hydrogen) atoms. The van der Waals surface area contributed by atoms with E-state index >= 15 is 0 Å². The molecule has 2 aromatic heterocycles. The number of nitrogens with zero attached hydrogens (tertiary/aromatic N) is 2. The van der Waals surface area contributed by atoms with Gasteiger partial charge in [0, 0.05) is 29.7 Å². The number of nitrogens with one attached hydrogen (secondary N) is 1. The Labute approximate surface area is 162 Å². The fourth-order valence-electron chi connectivity index (χ4n) is 2.90. The predicted molar refractivity (Wildman–Crippen MR) is 111 cm³/mol. The molecule has 0 atom stereocenters. The number of hydrogen-bond donors (Lipinski definition) is 1. The standard InChI is InChI=1S/C23H19N3O2/c1-28-20-11-8-17(9-12-20)10-13-23(27)24-19-6-4-5-18(15-19)21-16-26-14-3-2-7-22(26)25-21/h2-16H,1H3,(H,24,27)/b13-10+. The summed E-state index contributed by atoms with van der Waals surface area (Å²) in [6.07, 6.45) is 7.21. The Morgan fingerprint density at radius 2 is 1.93 bits per heavy atom. The van der Waals surface area contributed by atoms with Gasteiger partial charge in [0.1, 0.15) is 11.4 Å². The Bertz CT molecular complexity index is 1110. The minimum absolute atomic E-state index is 0.192. The van der Waals surface area contributed by atoms with Crippen LogP contribution in [0.4, 0.5) is 5.69 Å². The lowest BCUT2D eigenvalue weighted by molar-refractivity contribution is -0.111. The van der Waals surface area contributed by atoms with Gasteiger partial charge in [-0.3, -0.25) is 4.79 Å². The first-order valence-corrected chi connectivity index (χ1v) is 8.88. The average Bonchev–Trinajstić information content (AvgIpc) is 3.17. The van der Waals surface area contributed by atoms with E-state index in [4.69, 9.17) is 4.74 Å². The van der Waals surface area contributed by atoms with E-state index in [1.54, 1.807) is 13.2 Å². The zero-order valence-corrected chi connectivity index (χ0v) is 15.4. The van der Waals surface area contributed by atoms with Crippen molar-refractivity contribution in [1.29, 1.82) is 0 Å². The average molecular weight is 369 g/mol. The van der Waals surface area contributed by atoms with Crippen LogP contribution in [0.3, 0.4) is 0 Å². The van der Waals surface area contributed by atoms with Gasteiger partial charge in [-0.25, -0.2) is 4.98 Å². The number of rotatable bonds is 5. The van der Waals surface area contributed by atoms with Crippen LogP contribution in [-0.4, -0.2) is 22.4 Å². The highest BCUT2D eigenvalue weighted by Crippen LogP contribution is 2.22. The Balaban J connectivity index is 1.48. The minimum atomic E-state index is -0.192. The maximum absolute atomic E-state index is 12.3. The summed E-state index contributed by atoms with van der Waals surface area (Å²) in [5.74, 6) is 0.591. The van der Waals surface area contributed by atoms with Gasteiger partial charge in [-0.2, -0.15) is 0 Å². The molecular weight excluding hydrogens is 350 g/mol. The van der Waals surface area contributed by atoms with Gasteiger partial charge in [0.15, 0.2) is 0 Å². The molecular formula is C23H19N3O2. The highest BCUT2D eigenvalue weighted by atomic mass is 16.5. The lowest BCUT2D eigenvalue weighted by Crippen LogP contribution is -2.07. The van der Waals surface area contributed by atoms with Crippen molar-refractivity contribution in [1.82, 2.24) is 9.38 Å². The molecule has 0 unspecified atom stereocenters. The summed E-state index contributed by atoms with van der Waals surface area (Å²) < 4.78 is 7.10. The molecule has 0 aliphatic heterocycles. The normalized spacial score (nSPS) is 11.0. The van der Waals surface area contributed by atoms with Gasteiger partial charge >= 0.3 is 0 Å². The van der Waals surface area contributed by atoms with E-state index in [-0.39, 0.29) is 5.91 Å². The van der Waals surface area contributed by atoms with Gasteiger partial charge < -0.3 is 14.5 Å². The summed E-state index contributed by atoms with van der Waals surface area (Å²) in [4.78, 5) is 16.9. The Hall–Kier alpha value is -3.86. The smallest absolute Gasteiger partial charge is 0.248 e. The molecule has 0 aliphatic carbocycles. The van der Waals surface area contributed by atoms with Crippen molar-refractivity contribution in [3.8, 4) is 17.0 Å². The van der Waals surface area contributed by atoms with Crippen molar-refractivity contribution in [3.63, 3.8) is 0 Å². The molecule has 1 amide bonds. The van der Waals surface area contributed by atoms with Gasteiger partial charge in [0.2, 0.25) is 5.91 Å². The predicted octanol–water partition coefficient (Wildman–Crippen LogP) is 4.66. The van der Waals surface area contributed by atoms with Gasteiger partial charge in [0.25, 0.3) is 0 Å². The number of anilines is 1. The molecule has 5 heteroatoms. The van der Waals surface area contributed by atoms with Gasteiger partial charge in [-0.05, 0) is 48.0 Å². The lowest BCUT2D eigenvalue weighted by atomic mass is 10.1. The van der Waals surface area contributed by atoms with Crippen molar-refractivity contribution in [2.75, 3.05) is 12.4 Å². The van der Waals surface area contributed by atoms with E-state index in [1.807, 2.05) is 83.5 Å². The Kier molecular flexibility index (Phi) is 4.89. The summed E-state index contributed by atoms with van der Waals surface area (Å²) >= 11 is 0. The molecule has 0 fully saturated rings. The molecule has 4 rings (SSSR count). The summed E-state index contributed by atoms with van der Waals surface area (Å²) in [6.45, 7) is 0. The van der Waals surface area contributed by atoms with Gasteiger partial charge in [-0.15, -0.1) is 0 Å². The molecule has 0 saturated heterocycles. The first kappa shape index (κ1) is 17.5. The van der Waals surface area contributed by atoms with Crippen LogP contribution in [0.2, 0.25) is 0 Å². The fraction of sp³-hybridized carbons (Fsp3) is 0.0435. The first-order valence-electron chi connectivity index (χ1n) is 8.88. The number of methoxy groups -OCH3 is 1. The summed E-state index contributed by atoms with van der Waals surface area (Å²) in [7, 11) is 1.62. The minimum Gasteiger partial charge on any atom is -0.497 e. The van der Waals surface area contributed by atoms with E-state index in [1.165, 1.54) is 6.08 Å². The number of carbonyl (C=O) groups excluding carboxylic acids is 1. The van der Waals surface area contributed by atoms with Crippen molar-refractivity contribution in [3.05, 3.63) is 90.8 Å². The van der Waals surface area contributed by atoms with Crippen LogP contribution in [-0.2, 0) is 4.79 Å². The Morgan fingerprint density at radius 3 is 2.71 bits per heavy atom. The molecule has 2 heterocycles. The number of pyridine rings is 1. The SMILES string of the molecule is COc1ccc(/C=C/C(=O)Nc2cccc(-c3cn4ccccc4n3)c2)cc1. The van der Waals surface area contributed by atoms with Gasteiger partial charge in [0.05, 0.1) is 12.8 Å². The quantitative estimate of drug-likeness (QED) is 0.521. The number of hydrogen-bond acceptors (Lipinski definition) is 3. The molecule has 0 bridgehead atoms. The fourth-order valence-corrected chi connectivity index (χ4v) is 2.90. The van der Waals surface area contributed by atoms with Crippen LogP contribution in [0.5, 0.6) is 5.75 Å². The molecule has 1 N–H and O–H groups in total. The third kappa shape index (κ3) is 3.94. The van der Waals surface area contributed by atoms with E-state index in [9.17, 15) is 4.79 Å².